The second kappa shape index (κ2) is 4.09. The first-order chi connectivity index (χ1) is 3.42. The van der Waals surface area contributed by atoms with Crippen molar-refractivity contribution in [2.24, 2.45) is 0 Å². The van der Waals surface area contributed by atoms with Gasteiger partial charge in [-0.2, -0.15) is 0 Å². The van der Waals surface area contributed by atoms with E-state index in [9.17, 15) is 4.79 Å². The Hall–Kier alpha value is 0.200. The van der Waals surface area contributed by atoms with Crippen molar-refractivity contribution >= 4 is 29.9 Å². The van der Waals surface area contributed by atoms with E-state index < -0.39 is 0 Å². The molecule has 0 aromatic heterocycles. The fourth-order valence-electron chi connectivity index (χ4n) is 0.431. The van der Waals surface area contributed by atoms with E-state index in [1.807, 2.05) is 20.8 Å². The van der Waals surface area contributed by atoms with Crippen molar-refractivity contribution in [3.63, 3.8) is 0 Å². The minimum Gasteiger partial charge on any atom is -0.460 e. The summed E-state index contributed by atoms with van der Waals surface area (Å²) in [4.78, 5) is 10.2. The van der Waals surface area contributed by atoms with Gasteiger partial charge in [0.1, 0.15) is 5.60 Å². The Morgan fingerprint density at radius 2 is 1.67 bits per heavy atom. The van der Waals surface area contributed by atoms with Crippen molar-refractivity contribution in [2.75, 3.05) is 0 Å². The van der Waals surface area contributed by atoms with Crippen molar-refractivity contribution in [1.82, 2.24) is 0 Å². The van der Waals surface area contributed by atoms with E-state index in [0.29, 0.717) is 0 Å². The van der Waals surface area contributed by atoms with Crippen LogP contribution in [0.1, 0.15) is 27.7 Å². The third kappa shape index (κ3) is 11.7. The molecule has 0 saturated heterocycles. The van der Waals surface area contributed by atoms with Gasteiger partial charge in [-0.05, 0) is 20.8 Å². The summed E-state index contributed by atoms with van der Waals surface area (Å²) >= 11 is 0. The SMILES string of the molecule is CC(=O)OC(C)(C)C.I. The average Bonchev–Trinajstić information content (AvgIpc) is 1.21. The van der Waals surface area contributed by atoms with Gasteiger partial charge in [0, 0.05) is 6.92 Å². The maximum atomic E-state index is 10.2. The summed E-state index contributed by atoms with van der Waals surface area (Å²) in [6.45, 7) is 6.93. The van der Waals surface area contributed by atoms with Crippen LogP contribution in [0.15, 0.2) is 0 Å². The Kier molecular flexibility index (Phi) is 5.42. The maximum absolute atomic E-state index is 10.2. The highest BCUT2D eigenvalue weighted by atomic mass is 127. The molecule has 2 nitrogen and oxygen atoms in total. The molecule has 0 rings (SSSR count). The summed E-state index contributed by atoms with van der Waals surface area (Å²) in [5, 5.41) is 0. The van der Waals surface area contributed by atoms with Gasteiger partial charge in [0.05, 0.1) is 0 Å². The van der Waals surface area contributed by atoms with E-state index in [2.05, 4.69) is 0 Å². The van der Waals surface area contributed by atoms with Gasteiger partial charge in [-0.1, -0.05) is 0 Å². The summed E-state index contributed by atoms with van der Waals surface area (Å²) in [5.74, 6) is -0.225. The molecule has 0 unspecified atom stereocenters. The van der Waals surface area contributed by atoms with Crippen LogP contribution >= 0.6 is 24.0 Å². The third-order valence-electron chi connectivity index (χ3n) is 0.450. The van der Waals surface area contributed by atoms with E-state index >= 15 is 0 Å². The minimum absolute atomic E-state index is 0. The number of halogens is 1. The summed E-state index contributed by atoms with van der Waals surface area (Å²) < 4.78 is 4.80. The molecule has 0 aliphatic carbocycles. The third-order valence-corrected chi connectivity index (χ3v) is 0.450. The molecule has 3 heteroatoms. The lowest BCUT2D eigenvalue weighted by Crippen LogP contribution is -2.21. The lowest BCUT2D eigenvalue weighted by Gasteiger charge is -2.17. The number of ether oxygens (including phenoxy) is 1. The molecule has 0 aliphatic rings. The van der Waals surface area contributed by atoms with Crippen LogP contribution in [0.25, 0.3) is 0 Å². The topological polar surface area (TPSA) is 26.3 Å². The lowest BCUT2D eigenvalue weighted by molar-refractivity contribution is -0.151. The molecule has 0 fully saturated rings. The first-order valence-electron chi connectivity index (χ1n) is 2.61. The largest absolute Gasteiger partial charge is 0.460 e. The summed E-state index contributed by atoms with van der Waals surface area (Å²) in [6, 6.07) is 0. The lowest BCUT2D eigenvalue weighted by atomic mass is 10.2. The van der Waals surface area contributed by atoms with Crippen molar-refractivity contribution in [3.8, 4) is 0 Å². The first-order valence-corrected chi connectivity index (χ1v) is 2.61. The molecule has 9 heavy (non-hydrogen) atoms. The van der Waals surface area contributed by atoms with E-state index in [0.717, 1.165) is 0 Å². The quantitative estimate of drug-likeness (QED) is 0.481. The summed E-state index contributed by atoms with van der Waals surface area (Å²) in [7, 11) is 0. The van der Waals surface area contributed by atoms with Crippen molar-refractivity contribution in [1.29, 1.82) is 0 Å². The molecule has 0 aromatic rings. The number of hydrogen-bond donors (Lipinski definition) is 0. The van der Waals surface area contributed by atoms with Crippen LogP contribution in [0.2, 0.25) is 0 Å². The van der Waals surface area contributed by atoms with Crippen LogP contribution in [0.5, 0.6) is 0 Å². The Bertz CT molecular complexity index is 93.7. The Morgan fingerprint density at radius 1 is 1.33 bits per heavy atom. The van der Waals surface area contributed by atoms with Gasteiger partial charge in [0.25, 0.3) is 0 Å². The second-order valence-electron chi connectivity index (χ2n) is 2.71. The Balaban J connectivity index is 0. The number of hydrogen-bond acceptors (Lipinski definition) is 2. The predicted molar refractivity (Wildman–Crippen MR) is 46.9 cm³/mol. The van der Waals surface area contributed by atoms with Crippen LogP contribution in [0.3, 0.4) is 0 Å². The van der Waals surface area contributed by atoms with Gasteiger partial charge in [-0.25, -0.2) is 0 Å². The molecule has 0 spiro atoms. The molecule has 0 radical (unpaired) electrons. The highest BCUT2D eigenvalue weighted by Crippen LogP contribution is 2.05. The molecule has 0 saturated carbocycles. The average molecular weight is 244 g/mol. The number of rotatable bonds is 0. The van der Waals surface area contributed by atoms with Gasteiger partial charge in [0.15, 0.2) is 0 Å². The van der Waals surface area contributed by atoms with Gasteiger partial charge < -0.3 is 4.74 Å². The van der Waals surface area contributed by atoms with Crippen LogP contribution in [0, 0.1) is 0 Å². The van der Waals surface area contributed by atoms with E-state index in [1.54, 1.807) is 0 Å². The van der Waals surface area contributed by atoms with Crippen LogP contribution in [-0.2, 0) is 9.53 Å². The zero-order chi connectivity index (χ0) is 6.78. The zero-order valence-corrected chi connectivity index (χ0v) is 8.56. The smallest absolute Gasteiger partial charge is 0.303 e. The standard InChI is InChI=1S/C6H12O2.HI/c1-5(7)8-6(2,3)4;/h1-4H3;1H. The van der Waals surface area contributed by atoms with Gasteiger partial charge in [-0.15, -0.1) is 24.0 Å². The fraction of sp³-hybridized carbons (Fsp3) is 0.833. The number of carbonyl (C=O) groups is 1. The number of esters is 1. The molecule has 0 amide bonds. The Morgan fingerprint density at radius 3 is 1.67 bits per heavy atom. The van der Waals surface area contributed by atoms with Crippen molar-refractivity contribution in [3.05, 3.63) is 0 Å². The van der Waals surface area contributed by atoms with Crippen LogP contribution in [-0.4, -0.2) is 11.6 Å². The Labute approximate surface area is 73.0 Å². The highest BCUT2D eigenvalue weighted by molar-refractivity contribution is 14.0. The van der Waals surface area contributed by atoms with Crippen LogP contribution in [0.4, 0.5) is 0 Å². The second-order valence-corrected chi connectivity index (χ2v) is 2.71. The molecular weight excluding hydrogens is 231 g/mol. The van der Waals surface area contributed by atoms with Gasteiger partial charge >= 0.3 is 5.97 Å². The van der Waals surface area contributed by atoms with Crippen molar-refractivity contribution in [2.45, 2.75) is 33.3 Å². The van der Waals surface area contributed by atoms with E-state index in [4.69, 9.17) is 4.74 Å². The van der Waals surface area contributed by atoms with Crippen molar-refractivity contribution < 1.29 is 9.53 Å². The maximum Gasteiger partial charge on any atom is 0.303 e. The van der Waals surface area contributed by atoms with Gasteiger partial charge in [0.2, 0.25) is 0 Å². The molecule has 56 valence electrons. The molecule has 0 atom stereocenters. The molecule has 0 N–H and O–H groups in total. The van der Waals surface area contributed by atoms with Gasteiger partial charge in [-0.3, -0.25) is 4.79 Å². The predicted octanol–water partition coefficient (Wildman–Crippen LogP) is 1.97. The minimum atomic E-state index is -0.328. The van der Waals surface area contributed by atoms with Crippen LogP contribution < -0.4 is 0 Å². The van der Waals surface area contributed by atoms with E-state index in [1.165, 1.54) is 6.92 Å². The summed E-state index contributed by atoms with van der Waals surface area (Å²) in [6.07, 6.45) is 0. The monoisotopic (exact) mass is 244 g/mol. The highest BCUT2D eigenvalue weighted by Gasteiger charge is 2.11. The zero-order valence-electron chi connectivity index (χ0n) is 6.22. The number of carbonyl (C=O) groups excluding carboxylic acids is 1. The first kappa shape index (κ1) is 11.9. The molecular formula is C6H13IO2. The molecule has 0 heterocycles. The molecule has 0 aliphatic heterocycles. The summed E-state index contributed by atoms with van der Waals surface area (Å²) in [5.41, 5.74) is -0.328. The van der Waals surface area contributed by atoms with E-state index in [-0.39, 0.29) is 35.5 Å². The normalized spacial score (nSPS) is 9.78. The molecule has 0 bridgehead atoms. The fourth-order valence-corrected chi connectivity index (χ4v) is 0.431. The molecule has 0 aromatic carbocycles.